The Morgan fingerprint density at radius 2 is 1.87 bits per heavy atom. The highest BCUT2D eigenvalue weighted by molar-refractivity contribution is 6.31. The second kappa shape index (κ2) is 4.17. The number of nitrogens with zero attached hydrogens (tertiary/aromatic N) is 2. The molecule has 0 N–H and O–H groups in total. The zero-order chi connectivity index (χ0) is 10.8. The van der Waals surface area contributed by atoms with Crippen LogP contribution >= 0.6 is 23.2 Å². The van der Waals surface area contributed by atoms with Gasteiger partial charge in [0.1, 0.15) is 0 Å². The molecule has 2 rings (SSSR count). The van der Waals surface area contributed by atoms with Gasteiger partial charge in [-0.1, -0.05) is 35.3 Å². The lowest BCUT2D eigenvalue weighted by atomic mass is 10.1. The molecule has 2 aromatic rings. The molecule has 1 aromatic heterocycles. The summed E-state index contributed by atoms with van der Waals surface area (Å²) >= 11 is 11.7. The molecular formula is C11H8Cl2N2. The summed E-state index contributed by atoms with van der Waals surface area (Å²) in [7, 11) is 0. The van der Waals surface area contributed by atoms with Crippen LogP contribution in [0.15, 0.2) is 30.3 Å². The number of benzene rings is 1. The molecule has 15 heavy (non-hydrogen) atoms. The standard InChI is InChI=1S/C11H8Cl2N2/c1-7-5-10(14-15-11(7)13)8-3-2-4-9(12)6-8/h2-6H,1H3. The molecule has 2 nitrogen and oxygen atoms in total. The second-order valence-electron chi connectivity index (χ2n) is 3.21. The van der Waals surface area contributed by atoms with Gasteiger partial charge in [0.2, 0.25) is 0 Å². The Hall–Kier alpha value is -1.12. The number of aromatic nitrogens is 2. The van der Waals surface area contributed by atoms with Crippen molar-refractivity contribution in [2.75, 3.05) is 0 Å². The average molecular weight is 239 g/mol. The fourth-order valence-electron chi connectivity index (χ4n) is 1.26. The van der Waals surface area contributed by atoms with Crippen molar-refractivity contribution in [2.45, 2.75) is 6.92 Å². The van der Waals surface area contributed by atoms with Gasteiger partial charge in [0.15, 0.2) is 5.15 Å². The van der Waals surface area contributed by atoms with Crippen LogP contribution in [0, 0.1) is 6.92 Å². The third kappa shape index (κ3) is 2.28. The second-order valence-corrected chi connectivity index (χ2v) is 4.01. The minimum Gasteiger partial charge on any atom is -0.149 e. The predicted octanol–water partition coefficient (Wildman–Crippen LogP) is 3.76. The number of hydrogen-bond donors (Lipinski definition) is 0. The molecule has 0 fully saturated rings. The van der Waals surface area contributed by atoms with E-state index in [-0.39, 0.29) is 0 Å². The Morgan fingerprint density at radius 3 is 2.53 bits per heavy atom. The van der Waals surface area contributed by atoms with E-state index in [1.54, 1.807) is 0 Å². The van der Waals surface area contributed by atoms with Gasteiger partial charge in [-0.05, 0) is 30.7 Å². The van der Waals surface area contributed by atoms with Gasteiger partial charge in [0.05, 0.1) is 5.69 Å². The lowest BCUT2D eigenvalue weighted by Crippen LogP contribution is -1.90. The van der Waals surface area contributed by atoms with Crippen molar-refractivity contribution >= 4 is 23.2 Å². The maximum atomic E-state index is 5.89. The number of rotatable bonds is 1. The van der Waals surface area contributed by atoms with Crippen molar-refractivity contribution in [2.24, 2.45) is 0 Å². The molecule has 0 spiro atoms. The molecule has 0 saturated heterocycles. The summed E-state index contributed by atoms with van der Waals surface area (Å²) < 4.78 is 0. The average Bonchev–Trinajstić information content (AvgIpc) is 2.22. The normalized spacial score (nSPS) is 10.3. The minimum atomic E-state index is 0.431. The van der Waals surface area contributed by atoms with Crippen molar-refractivity contribution in [3.63, 3.8) is 0 Å². The van der Waals surface area contributed by atoms with E-state index in [0.717, 1.165) is 16.8 Å². The fourth-order valence-corrected chi connectivity index (χ4v) is 1.54. The van der Waals surface area contributed by atoms with Crippen LogP contribution in [-0.4, -0.2) is 10.2 Å². The third-order valence-corrected chi connectivity index (χ3v) is 2.65. The molecule has 76 valence electrons. The topological polar surface area (TPSA) is 25.8 Å². The largest absolute Gasteiger partial charge is 0.154 e. The maximum Gasteiger partial charge on any atom is 0.154 e. The summed E-state index contributed by atoms with van der Waals surface area (Å²) in [4.78, 5) is 0. The molecule has 0 atom stereocenters. The van der Waals surface area contributed by atoms with E-state index >= 15 is 0 Å². The Kier molecular flexibility index (Phi) is 2.89. The minimum absolute atomic E-state index is 0.431. The van der Waals surface area contributed by atoms with Crippen LogP contribution in [0.2, 0.25) is 10.2 Å². The van der Waals surface area contributed by atoms with Gasteiger partial charge < -0.3 is 0 Å². The Morgan fingerprint density at radius 1 is 1.07 bits per heavy atom. The highest BCUT2D eigenvalue weighted by Gasteiger charge is 2.03. The highest BCUT2D eigenvalue weighted by atomic mass is 35.5. The summed E-state index contributed by atoms with van der Waals surface area (Å²) in [5.41, 5.74) is 2.62. The fraction of sp³-hybridized carbons (Fsp3) is 0.0909. The van der Waals surface area contributed by atoms with Crippen molar-refractivity contribution in [3.8, 4) is 11.3 Å². The Labute approximate surface area is 97.9 Å². The first-order chi connectivity index (χ1) is 7.16. The molecule has 0 unspecified atom stereocenters. The predicted molar refractivity (Wildman–Crippen MR) is 62.2 cm³/mol. The Bertz CT molecular complexity index is 498. The summed E-state index contributed by atoms with van der Waals surface area (Å²) in [6, 6.07) is 9.37. The van der Waals surface area contributed by atoms with Crippen LogP contribution < -0.4 is 0 Å². The molecular weight excluding hydrogens is 231 g/mol. The molecule has 1 heterocycles. The van der Waals surface area contributed by atoms with E-state index in [1.165, 1.54) is 0 Å². The van der Waals surface area contributed by atoms with Crippen LogP contribution in [0.3, 0.4) is 0 Å². The van der Waals surface area contributed by atoms with Crippen molar-refractivity contribution in [1.29, 1.82) is 0 Å². The van der Waals surface area contributed by atoms with Gasteiger partial charge in [-0.3, -0.25) is 0 Å². The van der Waals surface area contributed by atoms with E-state index in [2.05, 4.69) is 10.2 Å². The van der Waals surface area contributed by atoms with Crippen LogP contribution in [0.1, 0.15) is 5.56 Å². The molecule has 4 heteroatoms. The SMILES string of the molecule is Cc1cc(-c2cccc(Cl)c2)nnc1Cl. The Balaban J connectivity index is 2.50. The van der Waals surface area contributed by atoms with Crippen LogP contribution in [0.5, 0.6) is 0 Å². The zero-order valence-corrected chi connectivity index (χ0v) is 9.55. The van der Waals surface area contributed by atoms with Gasteiger partial charge in [-0.2, -0.15) is 0 Å². The third-order valence-electron chi connectivity index (χ3n) is 2.04. The van der Waals surface area contributed by atoms with Crippen molar-refractivity contribution in [1.82, 2.24) is 10.2 Å². The van der Waals surface area contributed by atoms with Gasteiger partial charge >= 0.3 is 0 Å². The van der Waals surface area contributed by atoms with Crippen molar-refractivity contribution in [3.05, 3.63) is 46.1 Å². The molecule has 0 aliphatic carbocycles. The van der Waals surface area contributed by atoms with Crippen LogP contribution in [0.25, 0.3) is 11.3 Å². The van der Waals surface area contributed by atoms with E-state index in [1.807, 2.05) is 37.3 Å². The maximum absolute atomic E-state index is 5.89. The van der Waals surface area contributed by atoms with Crippen molar-refractivity contribution < 1.29 is 0 Å². The highest BCUT2D eigenvalue weighted by Crippen LogP contribution is 2.22. The number of aryl methyl sites for hydroxylation is 1. The van der Waals surface area contributed by atoms with Crippen LogP contribution in [0.4, 0.5) is 0 Å². The van der Waals surface area contributed by atoms with E-state index in [0.29, 0.717) is 10.2 Å². The van der Waals surface area contributed by atoms with Gasteiger partial charge in [0, 0.05) is 10.6 Å². The quantitative estimate of drug-likeness (QED) is 0.757. The van der Waals surface area contributed by atoms with Gasteiger partial charge in [-0.15, -0.1) is 10.2 Å². The molecule has 0 aliphatic rings. The van der Waals surface area contributed by atoms with E-state index in [9.17, 15) is 0 Å². The smallest absolute Gasteiger partial charge is 0.149 e. The molecule has 0 amide bonds. The number of hydrogen-bond acceptors (Lipinski definition) is 2. The molecule has 0 aliphatic heterocycles. The van der Waals surface area contributed by atoms with Gasteiger partial charge in [-0.25, -0.2) is 0 Å². The van der Waals surface area contributed by atoms with Gasteiger partial charge in [0.25, 0.3) is 0 Å². The summed E-state index contributed by atoms with van der Waals surface area (Å²) in [5.74, 6) is 0. The number of halogens is 2. The molecule has 0 saturated carbocycles. The van der Waals surface area contributed by atoms with E-state index in [4.69, 9.17) is 23.2 Å². The monoisotopic (exact) mass is 238 g/mol. The summed E-state index contributed by atoms with van der Waals surface area (Å²) in [5, 5.41) is 8.98. The lowest BCUT2D eigenvalue weighted by molar-refractivity contribution is 1.02. The summed E-state index contributed by atoms with van der Waals surface area (Å²) in [6.45, 7) is 1.89. The lowest BCUT2D eigenvalue weighted by Gasteiger charge is -2.02. The van der Waals surface area contributed by atoms with Crippen LogP contribution in [-0.2, 0) is 0 Å². The first kappa shape index (κ1) is 10.4. The first-order valence-electron chi connectivity index (χ1n) is 4.42. The molecule has 0 radical (unpaired) electrons. The first-order valence-corrected chi connectivity index (χ1v) is 5.18. The zero-order valence-electron chi connectivity index (χ0n) is 8.04. The molecule has 0 bridgehead atoms. The molecule has 1 aromatic carbocycles. The summed E-state index contributed by atoms with van der Waals surface area (Å²) in [6.07, 6.45) is 0. The van der Waals surface area contributed by atoms with E-state index < -0.39 is 0 Å².